The molecule has 170 valence electrons. The minimum atomic E-state index is -0.459. The fourth-order valence-electron chi connectivity index (χ4n) is 5.04. The lowest BCUT2D eigenvalue weighted by Gasteiger charge is -2.29. The van der Waals surface area contributed by atoms with E-state index in [0.717, 1.165) is 54.0 Å². The zero-order chi connectivity index (χ0) is 22.5. The third-order valence-corrected chi connectivity index (χ3v) is 6.89. The Kier molecular flexibility index (Phi) is 5.32. The molecule has 2 aromatic rings. The SMILES string of the molecule is CC1(C)CC(=O)c2c(CC3CC3)nn(-c3ccc(C(N)=O)c(NC4CCOCC4)c3)c2C1. The van der Waals surface area contributed by atoms with E-state index in [4.69, 9.17) is 15.6 Å². The number of ketones is 1. The molecule has 32 heavy (non-hydrogen) atoms. The first kappa shape index (κ1) is 21.2. The van der Waals surface area contributed by atoms with E-state index >= 15 is 0 Å². The number of carbonyl (C=O) groups is 2. The summed E-state index contributed by atoms with van der Waals surface area (Å²) < 4.78 is 7.40. The topological polar surface area (TPSA) is 99.2 Å². The molecule has 3 aliphatic rings. The lowest BCUT2D eigenvalue weighted by molar-refractivity contribution is 0.0902. The van der Waals surface area contributed by atoms with Gasteiger partial charge in [0.15, 0.2) is 5.78 Å². The maximum atomic E-state index is 13.1. The number of amides is 1. The van der Waals surface area contributed by atoms with Crippen LogP contribution in [0.4, 0.5) is 5.69 Å². The highest BCUT2D eigenvalue weighted by atomic mass is 16.5. The first-order valence-corrected chi connectivity index (χ1v) is 11.7. The molecule has 1 saturated carbocycles. The lowest BCUT2D eigenvalue weighted by Crippen LogP contribution is -2.29. The standard InChI is InChI=1S/C25H32N4O3/c1-25(2)13-21-23(22(30)14-25)20(11-15-3-4-15)28-29(21)17-5-6-18(24(26)31)19(12-17)27-16-7-9-32-10-8-16/h5-6,12,15-16,27H,3-4,7-11,13-14H2,1-2H3,(H2,26,31). The summed E-state index contributed by atoms with van der Waals surface area (Å²) in [6, 6.07) is 5.84. The van der Waals surface area contributed by atoms with Crippen molar-refractivity contribution in [3.05, 3.63) is 40.7 Å². The Morgan fingerprint density at radius 1 is 1.22 bits per heavy atom. The van der Waals surface area contributed by atoms with Gasteiger partial charge < -0.3 is 15.8 Å². The van der Waals surface area contributed by atoms with Gasteiger partial charge in [-0.1, -0.05) is 13.8 Å². The predicted octanol–water partition coefficient (Wildman–Crippen LogP) is 3.67. The van der Waals surface area contributed by atoms with Gasteiger partial charge in [-0.2, -0.15) is 5.10 Å². The first-order chi connectivity index (χ1) is 15.3. The molecule has 1 saturated heterocycles. The number of hydrogen-bond donors (Lipinski definition) is 2. The molecular weight excluding hydrogens is 404 g/mol. The highest BCUT2D eigenvalue weighted by Crippen LogP contribution is 2.40. The summed E-state index contributed by atoms with van der Waals surface area (Å²) in [5, 5.41) is 8.46. The van der Waals surface area contributed by atoms with Crippen LogP contribution >= 0.6 is 0 Å². The van der Waals surface area contributed by atoms with Crippen LogP contribution in [0.15, 0.2) is 18.2 Å². The van der Waals surface area contributed by atoms with Gasteiger partial charge >= 0.3 is 0 Å². The summed E-state index contributed by atoms with van der Waals surface area (Å²) in [5.41, 5.74) is 10.4. The number of nitrogens with two attached hydrogens (primary N) is 1. The molecule has 7 nitrogen and oxygen atoms in total. The van der Waals surface area contributed by atoms with E-state index < -0.39 is 5.91 Å². The number of aromatic nitrogens is 2. The molecule has 0 atom stereocenters. The summed E-state index contributed by atoms with van der Waals surface area (Å²) in [5.74, 6) is 0.389. The predicted molar refractivity (Wildman–Crippen MR) is 122 cm³/mol. The minimum absolute atomic E-state index is 0.102. The maximum absolute atomic E-state index is 13.1. The quantitative estimate of drug-likeness (QED) is 0.720. The number of ether oxygens (including phenoxy) is 1. The second-order valence-electron chi connectivity index (χ2n) is 10.4. The van der Waals surface area contributed by atoms with Gasteiger partial charge in [-0.3, -0.25) is 9.59 Å². The highest BCUT2D eigenvalue weighted by molar-refractivity contribution is 6.00. The zero-order valence-electron chi connectivity index (χ0n) is 18.9. The van der Waals surface area contributed by atoms with Crippen LogP contribution in [0.5, 0.6) is 0 Å². The molecule has 7 heteroatoms. The van der Waals surface area contributed by atoms with E-state index in [1.54, 1.807) is 6.07 Å². The van der Waals surface area contributed by atoms with Crippen molar-refractivity contribution in [3.8, 4) is 5.69 Å². The van der Waals surface area contributed by atoms with Crippen LogP contribution in [-0.4, -0.2) is 40.7 Å². The number of nitrogens with zero attached hydrogens (tertiary/aromatic N) is 2. The number of nitrogens with one attached hydrogen (secondary N) is 1. The van der Waals surface area contributed by atoms with E-state index in [2.05, 4.69) is 19.2 Å². The zero-order valence-corrected chi connectivity index (χ0v) is 18.9. The number of benzene rings is 1. The molecule has 5 rings (SSSR count). The van der Waals surface area contributed by atoms with Crippen LogP contribution in [0.2, 0.25) is 0 Å². The van der Waals surface area contributed by atoms with Crippen molar-refractivity contribution in [1.82, 2.24) is 9.78 Å². The number of anilines is 1. The molecule has 1 amide bonds. The van der Waals surface area contributed by atoms with E-state index in [1.807, 2.05) is 16.8 Å². The van der Waals surface area contributed by atoms with E-state index in [1.165, 1.54) is 12.8 Å². The van der Waals surface area contributed by atoms with Crippen LogP contribution in [0.1, 0.15) is 78.1 Å². The molecule has 0 unspecified atom stereocenters. The fraction of sp³-hybridized carbons (Fsp3) is 0.560. The van der Waals surface area contributed by atoms with E-state index in [-0.39, 0.29) is 17.2 Å². The van der Waals surface area contributed by atoms with Gasteiger partial charge in [0.25, 0.3) is 5.91 Å². The summed E-state index contributed by atoms with van der Waals surface area (Å²) in [7, 11) is 0. The lowest BCUT2D eigenvalue weighted by atomic mass is 9.75. The van der Waals surface area contributed by atoms with E-state index in [0.29, 0.717) is 31.1 Å². The molecule has 1 aromatic heterocycles. The third-order valence-electron chi connectivity index (χ3n) is 6.89. The summed E-state index contributed by atoms with van der Waals surface area (Å²) >= 11 is 0. The Bertz CT molecular complexity index is 1060. The van der Waals surface area contributed by atoms with Crippen molar-refractivity contribution >= 4 is 17.4 Å². The van der Waals surface area contributed by atoms with Crippen molar-refractivity contribution in [1.29, 1.82) is 0 Å². The van der Waals surface area contributed by atoms with Crippen molar-refractivity contribution < 1.29 is 14.3 Å². The van der Waals surface area contributed by atoms with Gasteiger partial charge in [0, 0.05) is 31.4 Å². The minimum Gasteiger partial charge on any atom is -0.381 e. The number of fused-ring (bicyclic) bond motifs is 1. The molecule has 1 aromatic carbocycles. The third kappa shape index (κ3) is 4.18. The van der Waals surface area contributed by atoms with Gasteiger partial charge in [0.05, 0.1) is 28.2 Å². The first-order valence-electron chi connectivity index (χ1n) is 11.7. The normalized spacial score (nSPS) is 20.8. The summed E-state index contributed by atoms with van der Waals surface area (Å²) in [6.07, 6.45) is 6.42. The number of rotatable bonds is 6. The number of Topliss-reactive ketones (excluding diaryl/α,β-unsaturated/α-hetero) is 1. The van der Waals surface area contributed by atoms with Gasteiger partial charge in [-0.25, -0.2) is 4.68 Å². The summed E-state index contributed by atoms with van der Waals surface area (Å²) in [4.78, 5) is 25.2. The fourth-order valence-corrected chi connectivity index (χ4v) is 5.04. The molecule has 0 radical (unpaired) electrons. The molecule has 2 fully saturated rings. The average Bonchev–Trinajstić information content (AvgIpc) is 3.47. The second kappa shape index (κ2) is 8.03. The number of primary amides is 1. The van der Waals surface area contributed by atoms with Gasteiger partial charge in [-0.05, 0) is 68.1 Å². The molecular formula is C25H32N4O3. The Morgan fingerprint density at radius 3 is 2.66 bits per heavy atom. The molecule has 1 aliphatic heterocycles. The Morgan fingerprint density at radius 2 is 1.97 bits per heavy atom. The molecule has 2 aliphatic carbocycles. The average molecular weight is 437 g/mol. The second-order valence-corrected chi connectivity index (χ2v) is 10.4. The van der Waals surface area contributed by atoms with Crippen LogP contribution < -0.4 is 11.1 Å². The van der Waals surface area contributed by atoms with Gasteiger partial charge in [0.2, 0.25) is 0 Å². The molecule has 0 spiro atoms. The molecule has 2 heterocycles. The van der Waals surface area contributed by atoms with Crippen molar-refractivity contribution in [2.75, 3.05) is 18.5 Å². The molecule has 0 bridgehead atoms. The Balaban J connectivity index is 1.57. The monoisotopic (exact) mass is 436 g/mol. The van der Waals surface area contributed by atoms with Crippen LogP contribution in [0.25, 0.3) is 5.69 Å². The summed E-state index contributed by atoms with van der Waals surface area (Å²) in [6.45, 7) is 5.69. The van der Waals surface area contributed by atoms with Crippen molar-refractivity contribution in [3.63, 3.8) is 0 Å². The van der Waals surface area contributed by atoms with Crippen LogP contribution in [0, 0.1) is 11.3 Å². The van der Waals surface area contributed by atoms with Crippen molar-refractivity contribution in [2.45, 2.75) is 64.8 Å². The maximum Gasteiger partial charge on any atom is 0.250 e. The largest absolute Gasteiger partial charge is 0.381 e. The van der Waals surface area contributed by atoms with E-state index in [9.17, 15) is 9.59 Å². The van der Waals surface area contributed by atoms with Gasteiger partial charge in [-0.15, -0.1) is 0 Å². The van der Waals surface area contributed by atoms with Crippen LogP contribution in [0.3, 0.4) is 0 Å². The number of carbonyl (C=O) groups excluding carboxylic acids is 2. The Labute approximate surface area is 188 Å². The Hall–Kier alpha value is -2.67. The van der Waals surface area contributed by atoms with Crippen LogP contribution in [-0.2, 0) is 17.6 Å². The van der Waals surface area contributed by atoms with Gasteiger partial charge in [0.1, 0.15) is 0 Å². The van der Waals surface area contributed by atoms with Crippen molar-refractivity contribution in [2.24, 2.45) is 17.1 Å². The number of hydrogen-bond acceptors (Lipinski definition) is 5. The smallest absolute Gasteiger partial charge is 0.250 e. The highest BCUT2D eigenvalue weighted by Gasteiger charge is 2.38. The molecule has 3 N–H and O–H groups in total.